The third kappa shape index (κ3) is 8.19. The van der Waals surface area contributed by atoms with Crippen LogP contribution in [0.25, 0.3) is 21.2 Å². The SMILES string of the molecule is CCc1cc(-c2ccccc2S(C)(=O)=O)ccc1OC.CN.O=C(CC1CCCCC1)c1sc2c(F)ccc(F)c2c1O. The van der Waals surface area contributed by atoms with Crippen LogP contribution in [0.2, 0.25) is 0 Å². The van der Waals surface area contributed by atoms with Crippen molar-refractivity contribution in [2.75, 3.05) is 20.4 Å². The van der Waals surface area contributed by atoms with Crippen LogP contribution in [0, 0.1) is 17.6 Å². The number of benzene rings is 3. The molecule has 0 aliphatic heterocycles. The number of carbonyl (C=O) groups is 1. The lowest BCUT2D eigenvalue weighted by molar-refractivity contribution is 0.0952. The van der Waals surface area contributed by atoms with E-state index in [1.54, 1.807) is 19.2 Å². The van der Waals surface area contributed by atoms with E-state index in [1.165, 1.54) is 19.7 Å². The molecule has 43 heavy (non-hydrogen) atoms. The van der Waals surface area contributed by atoms with Gasteiger partial charge >= 0.3 is 0 Å². The van der Waals surface area contributed by atoms with Crippen molar-refractivity contribution in [2.45, 2.75) is 56.8 Å². The Kier molecular flexibility index (Phi) is 12.2. The first kappa shape index (κ1) is 34.2. The number of halogens is 2. The Hall–Kier alpha value is -3.34. The average molecular weight is 632 g/mol. The normalized spacial score (nSPS) is 13.5. The second-order valence-electron chi connectivity index (χ2n) is 10.3. The molecule has 1 aliphatic carbocycles. The van der Waals surface area contributed by atoms with Crippen molar-refractivity contribution >= 4 is 37.0 Å². The molecule has 6 nitrogen and oxygen atoms in total. The van der Waals surface area contributed by atoms with Crippen LogP contribution in [0.4, 0.5) is 8.78 Å². The second kappa shape index (κ2) is 15.4. The van der Waals surface area contributed by atoms with Gasteiger partial charge in [-0.3, -0.25) is 4.79 Å². The van der Waals surface area contributed by atoms with E-state index in [2.05, 4.69) is 5.73 Å². The van der Waals surface area contributed by atoms with Gasteiger partial charge in [-0.25, -0.2) is 17.2 Å². The summed E-state index contributed by atoms with van der Waals surface area (Å²) in [5.41, 5.74) is 7.18. The van der Waals surface area contributed by atoms with Gasteiger partial charge in [-0.15, -0.1) is 11.3 Å². The summed E-state index contributed by atoms with van der Waals surface area (Å²) >= 11 is 0.847. The van der Waals surface area contributed by atoms with Gasteiger partial charge in [0.25, 0.3) is 0 Å². The number of aryl methyl sites for hydroxylation is 1. The minimum atomic E-state index is -3.25. The summed E-state index contributed by atoms with van der Waals surface area (Å²) in [5, 5.41) is 9.90. The Balaban J connectivity index is 0.000000223. The zero-order valence-electron chi connectivity index (χ0n) is 25.0. The van der Waals surface area contributed by atoms with Gasteiger partial charge in [-0.1, -0.05) is 63.3 Å². The highest BCUT2D eigenvalue weighted by molar-refractivity contribution is 7.90. The molecule has 3 N–H and O–H groups in total. The Labute approximate surface area is 256 Å². The Morgan fingerprint density at radius 3 is 2.28 bits per heavy atom. The van der Waals surface area contributed by atoms with Crippen LogP contribution in [0.15, 0.2) is 59.5 Å². The molecule has 0 spiro atoms. The van der Waals surface area contributed by atoms with Gasteiger partial charge in [0.1, 0.15) is 28.0 Å². The van der Waals surface area contributed by atoms with E-state index in [0.717, 1.165) is 78.0 Å². The molecule has 1 saturated carbocycles. The highest BCUT2D eigenvalue weighted by Crippen LogP contribution is 2.41. The molecule has 0 unspecified atom stereocenters. The number of methoxy groups -OCH3 is 1. The molecule has 0 amide bonds. The predicted octanol–water partition coefficient (Wildman–Crippen LogP) is 7.94. The number of ether oxygens (including phenoxy) is 1. The monoisotopic (exact) mass is 631 g/mol. The number of fused-ring (bicyclic) bond motifs is 1. The molecule has 5 rings (SSSR count). The van der Waals surface area contributed by atoms with Crippen molar-refractivity contribution in [1.82, 2.24) is 0 Å². The van der Waals surface area contributed by atoms with Crippen molar-refractivity contribution < 1.29 is 31.8 Å². The van der Waals surface area contributed by atoms with E-state index >= 15 is 0 Å². The third-order valence-corrected chi connectivity index (χ3v) is 9.81. The van der Waals surface area contributed by atoms with Crippen molar-refractivity contribution in [1.29, 1.82) is 0 Å². The van der Waals surface area contributed by atoms with Crippen LogP contribution in [0.1, 0.15) is 60.7 Å². The fourth-order valence-electron chi connectivity index (χ4n) is 5.30. The minimum absolute atomic E-state index is 0.0134. The summed E-state index contributed by atoms with van der Waals surface area (Å²) in [4.78, 5) is 12.8. The second-order valence-corrected chi connectivity index (χ2v) is 13.3. The average Bonchev–Trinajstić information content (AvgIpc) is 3.38. The van der Waals surface area contributed by atoms with Crippen molar-refractivity contribution in [3.8, 4) is 22.6 Å². The molecule has 1 heterocycles. The number of hydrogen-bond acceptors (Lipinski definition) is 7. The first-order valence-electron chi connectivity index (χ1n) is 14.2. The number of hydrogen-bond donors (Lipinski definition) is 2. The van der Waals surface area contributed by atoms with E-state index in [9.17, 15) is 27.1 Å². The van der Waals surface area contributed by atoms with Crippen LogP contribution < -0.4 is 10.5 Å². The Bertz CT molecular complexity index is 1660. The zero-order valence-corrected chi connectivity index (χ0v) is 26.6. The number of aromatic hydroxyl groups is 1. The van der Waals surface area contributed by atoms with Crippen LogP contribution >= 0.6 is 11.3 Å². The van der Waals surface area contributed by atoms with Gasteiger partial charge in [0, 0.05) is 18.2 Å². The molecular weight excluding hydrogens is 592 g/mol. The molecule has 10 heteroatoms. The largest absolute Gasteiger partial charge is 0.506 e. The highest BCUT2D eigenvalue weighted by atomic mass is 32.2. The summed E-state index contributed by atoms with van der Waals surface area (Å²) in [5.74, 6) is -0.772. The molecular formula is C33H39F2NO5S2. The maximum Gasteiger partial charge on any atom is 0.176 e. The summed E-state index contributed by atoms with van der Waals surface area (Å²) in [6.07, 6.45) is 7.90. The molecule has 4 aromatic rings. The molecule has 0 atom stereocenters. The molecule has 232 valence electrons. The number of thiophene rings is 1. The topological polar surface area (TPSA) is 107 Å². The number of nitrogens with two attached hydrogens (primary N) is 1. The van der Waals surface area contributed by atoms with Gasteiger partial charge in [-0.05, 0) is 60.8 Å². The van der Waals surface area contributed by atoms with E-state index in [4.69, 9.17) is 4.74 Å². The number of rotatable bonds is 7. The van der Waals surface area contributed by atoms with Crippen LogP contribution in [-0.2, 0) is 16.3 Å². The quantitative estimate of drug-likeness (QED) is 0.201. The predicted molar refractivity (Wildman–Crippen MR) is 170 cm³/mol. The van der Waals surface area contributed by atoms with E-state index < -0.39 is 27.2 Å². The lowest BCUT2D eigenvalue weighted by atomic mass is 9.85. The summed E-state index contributed by atoms with van der Waals surface area (Å²) in [6, 6.07) is 14.8. The molecule has 1 fully saturated rings. The van der Waals surface area contributed by atoms with Gasteiger partial charge in [0.05, 0.1) is 22.1 Å². The number of ketones is 1. The van der Waals surface area contributed by atoms with E-state index in [-0.39, 0.29) is 20.7 Å². The molecule has 0 saturated heterocycles. The maximum atomic E-state index is 13.7. The summed E-state index contributed by atoms with van der Waals surface area (Å²) in [6.45, 7) is 2.05. The van der Waals surface area contributed by atoms with E-state index in [1.807, 2.05) is 37.3 Å². The third-order valence-electron chi connectivity index (χ3n) is 7.43. The minimum Gasteiger partial charge on any atom is -0.506 e. The number of Topliss-reactive ketones (excluding diaryl/α,β-unsaturated/α-hetero) is 1. The first-order valence-corrected chi connectivity index (χ1v) is 16.9. The zero-order chi connectivity index (χ0) is 31.7. The fourth-order valence-corrected chi connectivity index (χ4v) is 7.28. The van der Waals surface area contributed by atoms with Gasteiger partial charge in [-0.2, -0.15) is 0 Å². The summed E-state index contributed by atoms with van der Waals surface area (Å²) in [7, 11) is -0.111. The first-order chi connectivity index (χ1) is 20.5. The van der Waals surface area contributed by atoms with Gasteiger partial charge in [0.2, 0.25) is 0 Å². The van der Waals surface area contributed by atoms with Crippen molar-refractivity contribution in [2.24, 2.45) is 11.7 Å². The standard InChI is InChI=1S/C16H16F2O2S.C16H18O3S.CH5N/c17-10-6-7-11(18)15-13(10)14(20)16(21-15)12(19)8-9-4-2-1-3-5-9;1-4-12-11-13(9-10-15(12)19-2)14-7-5-6-8-16(14)20(3,17)18;1-2/h6-7,9,20H,1-5,8H2;5-11H,4H2,1-3H3;2H2,1H3. The van der Waals surface area contributed by atoms with E-state index in [0.29, 0.717) is 17.2 Å². The molecule has 0 radical (unpaired) electrons. The number of carbonyl (C=O) groups excluding carboxylic acids is 1. The Morgan fingerprint density at radius 1 is 1.02 bits per heavy atom. The maximum absolute atomic E-state index is 13.7. The fraction of sp³-hybridized carbons (Fsp3) is 0.364. The van der Waals surface area contributed by atoms with Crippen LogP contribution in [0.5, 0.6) is 11.5 Å². The van der Waals surface area contributed by atoms with Crippen LogP contribution in [-0.4, -0.2) is 39.7 Å². The van der Waals surface area contributed by atoms with Gasteiger partial charge in [0.15, 0.2) is 15.6 Å². The van der Waals surface area contributed by atoms with Crippen molar-refractivity contribution in [3.63, 3.8) is 0 Å². The van der Waals surface area contributed by atoms with Crippen molar-refractivity contribution in [3.05, 3.63) is 76.7 Å². The number of sulfone groups is 1. The highest BCUT2D eigenvalue weighted by Gasteiger charge is 2.25. The lowest BCUT2D eigenvalue weighted by Crippen LogP contribution is -2.11. The van der Waals surface area contributed by atoms with Crippen LogP contribution in [0.3, 0.4) is 0 Å². The van der Waals surface area contributed by atoms with Gasteiger partial charge < -0.3 is 15.6 Å². The molecule has 3 aromatic carbocycles. The Morgan fingerprint density at radius 2 is 1.67 bits per heavy atom. The summed E-state index contributed by atoms with van der Waals surface area (Å²) < 4.78 is 56.5. The molecule has 1 aromatic heterocycles. The molecule has 1 aliphatic rings. The molecule has 0 bridgehead atoms. The lowest BCUT2D eigenvalue weighted by Gasteiger charge is -2.20. The smallest absolute Gasteiger partial charge is 0.176 e.